The number of nitrogens with zero attached hydrogens (tertiary/aromatic N) is 2. The smallest absolute Gasteiger partial charge is 0.258 e. The maximum absolute atomic E-state index is 13.8. The summed E-state index contributed by atoms with van der Waals surface area (Å²) in [5.41, 5.74) is 2.73. The van der Waals surface area contributed by atoms with Gasteiger partial charge in [-0.2, -0.15) is 0 Å². The van der Waals surface area contributed by atoms with Crippen molar-refractivity contribution in [1.29, 1.82) is 0 Å². The third-order valence-electron chi connectivity index (χ3n) is 7.72. The molecule has 9 nitrogen and oxygen atoms in total. The fourth-order valence-corrected chi connectivity index (χ4v) is 6.09. The number of fused-ring (bicyclic) bond motifs is 1. The number of ether oxygens (including phenoxy) is 3. The van der Waals surface area contributed by atoms with Crippen LogP contribution in [0.15, 0.2) is 40.8 Å². The summed E-state index contributed by atoms with van der Waals surface area (Å²) in [5.74, 6) is -0.0756. The lowest BCUT2D eigenvalue weighted by atomic mass is 10.00. The Morgan fingerprint density at radius 1 is 0.932 bits per heavy atom. The summed E-state index contributed by atoms with van der Waals surface area (Å²) in [6.45, 7) is 9.71. The third-order valence-corrected chi connectivity index (χ3v) is 8.90. The summed E-state index contributed by atoms with van der Waals surface area (Å²) in [6, 6.07) is 9.44. The lowest BCUT2D eigenvalue weighted by Gasteiger charge is -2.25. The number of sulfonamides is 1. The van der Waals surface area contributed by atoms with Gasteiger partial charge in [0.15, 0.2) is 0 Å². The lowest BCUT2D eigenvalue weighted by Crippen LogP contribution is -2.34. The van der Waals surface area contributed by atoms with Gasteiger partial charge in [-0.3, -0.25) is 9.10 Å². The maximum atomic E-state index is 13.8. The minimum Gasteiger partial charge on any atom is -0.455 e. The van der Waals surface area contributed by atoms with E-state index in [1.165, 1.54) is 22.7 Å². The van der Waals surface area contributed by atoms with Gasteiger partial charge in [-0.05, 0) is 74.9 Å². The summed E-state index contributed by atoms with van der Waals surface area (Å²) in [6.07, 6.45) is 5.14. The molecule has 1 fully saturated rings. The number of rotatable bonds is 19. The molecule has 0 atom stereocenters. The van der Waals surface area contributed by atoms with Crippen LogP contribution in [-0.2, 0) is 24.2 Å². The van der Waals surface area contributed by atoms with Crippen molar-refractivity contribution in [3.05, 3.63) is 53.3 Å². The predicted molar refractivity (Wildman–Crippen MR) is 170 cm³/mol. The van der Waals surface area contributed by atoms with E-state index in [0.29, 0.717) is 73.1 Å². The van der Waals surface area contributed by atoms with E-state index in [0.717, 1.165) is 37.9 Å². The molecule has 1 heterocycles. The number of carbonyl (C=O) groups excluding carboxylic acids is 1. The fourth-order valence-electron chi connectivity index (χ4n) is 5.17. The van der Waals surface area contributed by atoms with Gasteiger partial charge >= 0.3 is 0 Å². The van der Waals surface area contributed by atoms with Crippen molar-refractivity contribution in [1.82, 2.24) is 4.90 Å². The second-order valence-electron chi connectivity index (χ2n) is 11.0. The molecule has 0 N–H and O–H groups in total. The molecule has 0 saturated heterocycles. The maximum Gasteiger partial charge on any atom is 0.258 e. The quantitative estimate of drug-likeness (QED) is 0.145. The SMILES string of the molecule is CCCCOCCOCCOCCN(c1cc2oc(-c3ccc(F)cc3)c(C(=O)N(CC)CC)c2cc1C1CC1)S(C)(=O)=O. The van der Waals surface area contributed by atoms with Crippen LogP contribution in [0.5, 0.6) is 0 Å². The molecule has 1 saturated carbocycles. The molecule has 4 rings (SSSR count). The van der Waals surface area contributed by atoms with Crippen molar-refractivity contribution in [2.24, 2.45) is 0 Å². The highest BCUT2D eigenvalue weighted by Gasteiger charge is 2.33. The zero-order chi connectivity index (χ0) is 31.7. The van der Waals surface area contributed by atoms with E-state index in [2.05, 4.69) is 6.92 Å². The van der Waals surface area contributed by atoms with Crippen molar-refractivity contribution in [2.45, 2.75) is 52.4 Å². The monoisotopic (exact) mass is 632 g/mol. The van der Waals surface area contributed by atoms with Crippen molar-refractivity contribution in [3.63, 3.8) is 0 Å². The molecule has 1 aliphatic rings. The van der Waals surface area contributed by atoms with Gasteiger partial charge in [0, 0.05) is 36.7 Å². The molecule has 0 aliphatic heterocycles. The molecule has 0 bridgehead atoms. The highest BCUT2D eigenvalue weighted by atomic mass is 32.2. The summed E-state index contributed by atoms with van der Waals surface area (Å²) in [4.78, 5) is 15.5. The topological polar surface area (TPSA) is 98.5 Å². The Bertz CT molecular complexity index is 1480. The highest BCUT2D eigenvalue weighted by Crippen LogP contribution is 2.48. The summed E-state index contributed by atoms with van der Waals surface area (Å²) < 4.78 is 64.3. The zero-order valence-corrected chi connectivity index (χ0v) is 27.1. The highest BCUT2D eigenvalue weighted by molar-refractivity contribution is 7.92. The van der Waals surface area contributed by atoms with Gasteiger partial charge in [0.05, 0.1) is 57.1 Å². The molecule has 0 unspecified atom stereocenters. The number of halogens is 1. The minimum atomic E-state index is -3.68. The first-order chi connectivity index (χ1) is 21.2. The zero-order valence-electron chi connectivity index (χ0n) is 26.3. The van der Waals surface area contributed by atoms with Crippen molar-refractivity contribution >= 4 is 32.6 Å². The van der Waals surface area contributed by atoms with E-state index in [1.54, 1.807) is 23.1 Å². The lowest BCUT2D eigenvalue weighted by molar-refractivity contribution is 0.0156. The van der Waals surface area contributed by atoms with Crippen LogP contribution in [0.3, 0.4) is 0 Å². The van der Waals surface area contributed by atoms with E-state index in [4.69, 9.17) is 18.6 Å². The van der Waals surface area contributed by atoms with Gasteiger partial charge in [0.1, 0.15) is 17.2 Å². The van der Waals surface area contributed by atoms with Crippen LogP contribution < -0.4 is 4.31 Å². The van der Waals surface area contributed by atoms with Crippen molar-refractivity contribution in [3.8, 4) is 11.3 Å². The van der Waals surface area contributed by atoms with E-state index < -0.39 is 15.8 Å². The number of anilines is 1. The van der Waals surface area contributed by atoms with E-state index in [9.17, 15) is 17.6 Å². The number of hydrogen-bond donors (Lipinski definition) is 0. The van der Waals surface area contributed by atoms with Crippen LogP contribution in [0.4, 0.5) is 10.1 Å². The van der Waals surface area contributed by atoms with Crippen LogP contribution in [0, 0.1) is 5.82 Å². The second-order valence-corrected chi connectivity index (χ2v) is 12.9. The molecule has 0 spiro atoms. The normalized spacial score (nSPS) is 13.5. The second kappa shape index (κ2) is 15.8. The van der Waals surface area contributed by atoms with Crippen molar-refractivity contribution < 1.29 is 36.2 Å². The van der Waals surface area contributed by atoms with E-state index in [1.807, 2.05) is 19.9 Å². The molecule has 3 aromatic rings. The van der Waals surface area contributed by atoms with Gasteiger partial charge in [-0.1, -0.05) is 13.3 Å². The molecule has 0 radical (unpaired) electrons. The Balaban J connectivity index is 1.60. The first-order valence-corrected chi connectivity index (χ1v) is 17.4. The number of carbonyl (C=O) groups is 1. The van der Waals surface area contributed by atoms with Gasteiger partial charge in [-0.25, -0.2) is 12.8 Å². The summed E-state index contributed by atoms with van der Waals surface area (Å²) in [5, 5.41) is 0.618. The number of hydrogen-bond acceptors (Lipinski definition) is 7. The summed E-state index contributed by atoms with van der Waals surface area (Å²) >= 11 is 0. The third kappa shape index (κ3) is 8.59. The Morgan fingerprint density at radius 2 is 1.55 bits per heavy atom. The minimum absolute atomic E-state index is 0.112. The average molecular weight is 633 g/mol. The fraction of sp³-hybridized carbons (Fsp3) is 0.545. The number of unbranched alkanes of at least 4 members (excludes halogenated alkanes) is 1. The van der Waals surface area contributed by atoms with Crippen LogP contribution in [0.2, 0.25) is 0 Å². The number of benzene rings is 2. The molecular weight excluding hydrogens is 587 g/mol. The van der Waals surface area contributed by atoms with Gasteiger partial charge in [-0.15, -0.1) is 0 Å². The molecular formula is C33H45FN2O7S. The molecule has 1 aliphatic carbocycles. The Hall–Kier alpha value is -2.99. The molecule has 1 amide bonds. The van der Waals surface area contributed by atoms with Crippen LogP contribution >= 0.6 is 0 Å². The number of amides is 1. The van der Waals surface area contributed by atoms with Gasteiger partial charge < -0.3 is 23.5 Å². The molecule has 242 valence electrons. The Morgan fingerprint density at radius 3 is 2.11 bits per heavy atom. The molecule has 2 aromatic carbocycles. The molecule has 44 heavy (non-hydrogen) atoms. The first kappa shape index (κ1) is 33.9. The van der Waals surface area contributed by atoms with Crippen LogP contribution in [-0.4, -0.2) is 84.8 Å². The van der Waals surface area contributed by atoms with Crippen molar-refractivity contribution in [2.75, 3.05) is 69.8 Å². The number of furan rings is 1. The van der Waals surface area contributed by atoms with Crippen LogP contribution in [0.1, 0.15) is 68.3 Å². The average Bonchev–Trinajstić information content (AvgIpc) is 3.78. The van der Waals surface area contributed by atoms with E-state index in [-0.39, 0.29) is 25.0 Å². The largest absolute Gasteiger partial charge is 0.455 e. The van der Waals surface area contributed by atoms with Gasteiger partial charge in [0.25, 0.3) is 5.91 Å². The predicted octanol–water partition coefficient (Wildman–Crippen LogP) is 6.21. The molecule has 1 aromatic heterocycles. The van der Waals surface area contributed by atoms with E-state index >= 15 is 0 Å². The van der Waals surface area contributed by atoms with Crippen LogP contribution in [0.25, 0.3) is 22.3 Å². The standard InChI is InChI=1S/C33H45FN2O7S/c1-5-8-16-40-18-20-42-21-19-41-17-15-36(44(4,38)39)29-23-30-28(22-27(29)24-9-10-24)31(33(37)35(6-2)7-3)32(43-30)25-11-13-26(34)14-12-25/h11-14,22-24H,5-10,15-21H2,1-4H3. The summed E-state index contributed by atoms with van der Waals surface area (Å²) in [7, 11) is -3.68. The first-order valence-electron chi connectivity index (χ1n) is 15.6. The molecule has 11 heteroatoms. The Labute approximate surface area is 260 Å². The Kier molecular flexibility index (Phi) is 12.2. The van der Waals surface area contributed by atoms with Gasteiger partial charge in [0.2, 0.25) is 10.0 Å².